The van der Waals surface area contributed by atoms with Gasteiger partial charge in [0, 0.05) is 67.7 Å². The third-order valence-corrected chi connectivity index (χ3v) is 6.25. The molecule has 0 aliphatic carbocycles. The molecule has 1 N–H and O–H groups in total. The van der Waals surface area contributed by atoms with Crippen LogP contribution >= 0.6 is 0 Å². The van der Waals surface area contributed by atoms with Gasteiger partial charge in [-0.25, -0.2) is 4.98 Å². The van der Waals surface area contributed by atoms with Crippen LogP contribution in [0.15, 0.2) is 61.3 Å². The summed E-state index contributed by atoms with van der Waals surface area (Å²) in [5.41, 5.74) is 2.94. The molecule has 0 saturated carbocycles. The van der Waals surface area contributed by atoms with E-state index in [-0.39, 0.29) is 30.6 Å². The molecule has 36 heavy (non-hydrogen) atoms. The van der Waals surface area contributed by atoms with Gasteiger partial charge < -0.3 is 14.7 Å². The quantitative estimate of drug-likeness (QED) is 0.537. The lowest BCUT2D eigenvalue weighted by molar-refractivity contribution is 0.0325. The first-order chi connectivity index (χ1) is 17.4. The Balaban J connectivity index is 1.63. The van der Waals surface area contributed by atoms with E-state index < -0.39 is 0 Å². The van der Waals surface area contributed by atoms with Gasteiger partial charge in [-0.2, -0.15) is 0 Å². The Labute approximate surface area is 212 Å². The van der Waals surface area contributed by atoms with Gasteiger partial charge in [0.1, 0.15) is 11.7 Å². The number of hydrogen-bond acceptors (Lipinski definition) is 7. The molecule has 3 aromatic heterocycles. The van der Waals surface area contributed by atoms with Crippen molar-refractivity contribution in [2.24, 2.45) is 5.92 Å². The van der Waals surface area contributed by atoms with E-state index in [0.29, 0.717) is 30.1 Å². The molecule has 0 fully saturated rings. The minimum Gasteiger partial charge on any atom is -0.472 e. The second-order valence-corrected chi connectivity index (χ2v) is 9.24. The van der Waals surface area contributed by atoms with Gasteiger partial charge in [0.05, 0.1) is 12.6 Å². The van der Waals surface area contributed by atoms with Crippen molar-refractivity contribution in [3.63, 3.8) is 0 Å². The lowest BCUT2D eigenvalue weighted by Gasteiger charge is -2.37. The van der Waals surface area contributed by atoms with Crippen molar-refractivity contribution in [2.75, 3.05) is 26.7 Å². The second kappa shape index (κ2) is 11.8. The summed E-state index contributed by atoms with van der Waals surface area (Å²) in [5, 5.41) is 9.86. The summed E-state index contributed by atoms with van der Waals surface area (Å²) < 4.78 is 6.38. The van der Waals surface area contributed by atoms with Crippen LogP contribution < -0.4 is 4.74 Å². The van der Waals surface area contributed by atoms with Gasteiger partial charge in [-0.3, -0.25) is 19.7 Å². The number of aliphatic hydroxyl groups excluding tert-OH is 1. The van der Waals surface area contributed by atoms with E-state index in [4.69, 9.17) is 4.74 Å². The van der Waals surface area contributed by atoms with Gasteiger partial charge in [-0.15, -0.1) is 0 Å². The van der Waals surface area contributed by atoms with Crippen LogP contribution in [-0.2, 0) is 6.54 Å². The average molecular weight is 486 g/mol. The summed E-state index contributed by atoms with van der Waals surface area (Å²) in [7, 11) is 2.04. The number of rotatable bonds is 6. The Morgan fingerprint density at radius 2 is 1.81 bits per heavy atom. The zero-order valence-corrected chi connectivity index (χ0v) is 20.8. The predicted molar refractivity (Wildman–Crippen MR) is 136 cm³/mol. The molecule has 0 unspecified atom stereocenters. The normalized spacial score (nSPS) is 18.4. The van der Waals surface area contributed by atoms with Crippen molar-refractivity contribution in [3.8, 4) is 17.7 Å². The SMILES string of the molecule is C[C@H](CO)N1C[C@H](C)[C@@H](CN(C)Cc2ccncc2)Oc2ncc(C#Cc3ccncc3)cc2C1=O. The number of pyridine rings is 3. The molecule has 1 amide bonds. The first-order valence-electron chi connectivity index (χ1n) is 12.0. The Morgan fingerprint density at radius 1 is 1.14 bits per heavy atom. The Hall–Kier alpha value is -3.80. The molecule has 8 heteroatoms. The number of nitrogens with zero attached hydrogens (tertiary/aromatic N) is 5. The summed E-state index contributed by atoms with van der Waals surface area (Å²) in [5.74, 6) is 6.24. The topological polar surface area (TPSA) is 91.7 Å². The molecule has 3 atom stereocenters. The maximum atomic E-state index is 13.6. The van der Waals surface area contributed by atoms with Crippen LogP contribution in [0.1, 0.15) is 40.9 Å². The summed E-state index contributed by atoms with van der Waals surface area (Å²) in [6, 6.07) is 9.01. The van der Waals surface area contributed by atoms with Crippen molar-refractivity contribution in [3.05, 3.63) is 83.6 Å². The molecule has 0 saturated heterocycles. The molecule has 4 rings (SSSR count). The fraction of sp³-hybridized carbons (Fsp3) is 0.357. The maximum Gasteiger partial charge on any atom is 0.259 e. The van der Waals surface area contributed by atoms with Crippen molar-refractivity contribution >= 4 is 5.91 Å². The number of carbonyl (C=O) groups is 1. The number of hydrogen-bond donors (Lipinski definition) is 1. The molecule has 1 aliphatic heterocycles. The van der Waals surface area contributed by atoms with Gasteiger partial charge in [-0.1, -0.05) is 18.8 Å². The average Bonchev–Trinajstić information content (AvgIpc) is 2.90. The molecule has 4 heterocycles. The van der Waals surface area contributed by atoms with Crippen LogP contribution in [0.3, 0.4) is 0 Å². The van der Waals surface area contributed by atoms with Gasteiger partial charge in [0.15, 0.2) is 0 Å². The van der Waals surface area contributed by atoms with E-state index in [1.165, 1.54) is 0 Å². The summed E-state index contributed by atoms with van der Waals surface area (Å²) in [6.07, 6.45) is 8.35. The third-order valence-electron chi connectivity index (χ3n) is 6.25. The van der Waals surface area contributed by atoms with E-state index >= 15 is 0 Å². The maximum absolute atomic E-state index is 13.6. The standard InChI is InChI=1S/C28H31N5O3/c1-20-16-33(21(2)19-34)28(35)25-14-24(5-4-22-6-10-29-11-7-22)15-31-27(25)36-26(20)18-32(3)17-23-8-12-30-13-9-23/h6-15,20-21,26,34H,16-19H2,1-3H3/t20-,21+,26+/m0/s1. The first kappa shape index (κ1) is 25.3. The highest BCUT2D eigenvalue weighted by molar-refractivity contribution is 5.97. The summed E-state index contributed by atoms with van der Waals surface area (Å²) in [4.78, 5) is 30.0. The minimum atomic E-state index is -0.340. The number of likely N-dealkylation sites (N-methyl/N-ethyl adjacent to an activating group) is 1. The second-order valence-electron chi connectivity index (χ2n) is 9.24. The van der Waals surface area contributed by atoms with Crippen molar-refractivity contribution in [1.29, 1.82) is 0 Å². The van der Waals surface area contributed by atoms with Crippen LogP contribution in [-0.4, -0.2) is 74.7 Å². The molecule has 0 radical (unpaired) electrons. The van der Waals surface area contributed by atoms with Crippen molar-refractivity contribution < 1.29 is 14.6 Å². The van der Waals surface area contributed by atoms with E-state index in [1.807, 2.05) is 38.2 Å². The monoisotopic (exact) mass is 485 g/mol. The Kier molecular flexibility index (Phi) is 8.26. The number of ether oxygens (including phenoxy) is 1. The van der Waals surface area contributed by atoms with Gasteiger partial charge in [0.25, 0.3) is 5.91 Å². The molecule has 1 aliphatic rings. The van der Waals surface area contributed by atoms with Crippen LogP contribution in [0.25, 0.3) is 0 Å². The van der Waals surface area contributed by atoms with Crippen LogP contribution in [0.2, 0.25) is 0 Å². The number of carbonyl (C=O) groups excluding carboxylic acids is 1. The van der Waals surface area contributed by atoms with E-state index in [9.17, 15) is 9.90 Å². The number of aliphatic hydroxyl groups is 1. The van der Waals surface area contributed by atoms with Gasteiger partial charge in [-0.05, 0) is 49.9 Å². The van der Waals surface area contributed by atoms with Gasteiger partial charge in [0.2, 0.25) is 5.88 Å². The van der Waals surface area contributed by atoms with E-state index in [1.54, 1.807) is 42.0 Å². The lowest BCUT2D eigenvalue weighted by atomic mass is 9.99. The Bertz CT molecular complexity index is 1230. The van der Waals surface area contributed by atoms with Crippen LogP contribution in [0.4, 0.5) is 0 Å². The fourth-order valence-electron chi connectivity index (χ4n) is 4.14. The van der Waals surface area contributed by atoms with Gasteiger partial charge >= 0.3 is 0 Å². The zero-order chi connectivity index (χ0) is 25.5. The number of aromatic nitrogens is 3. The molecule has 8 nitrogen and oxygen atoms in total. The molecule has 0 spiro atoms. The predicted octanol–water partition coefficient (Wildman–Crippen LogP) is 2.62. The molecule has 0 aromatic carbocycles. The van der Waals surface area contributed by atoms with Crippen molar-refractivity contribution in [1.82, 2.24) is 24.8 Å². The van der Waals surface area contributed by atoms with Crippen LogP contribution in [0.5, 0.6) is 5.88 Å². The first-order valence-corrected chi connectivity index (χ1v) is 12.0. The minimum absolute atomic E-state index is 0.0175. The highest BCUT2D eigenvalue weighted by atomic mass is 16.5. The largest absolute Gasteiger partial charge is 0.472 e. The highest BCUT2D eigenvalue weighted by Crippen LogP contribution is 2.27. The van der Waals surface area contributed by atoms with Crippen LogP contribution in [0, 0.1) is 17.8 Å². The summed E-state index contributed by atoms with van der Waals surface area (Å²) in [6.45, 7) is 5.63. The third kappa shape index (κ3) is 6.25. The highest BCUT2D eigenvalue weighted by Gasteiger charge is 2.34. The Morgan fingerprint density at radius 3 is 2.50 bits per heavy atom. The zero-order valence-electron chi connectivity index (χ0n) is 20.8. The van der Waals surface area contributed by atoms with E-state index in [2.05, 4.69) is 38.6 Å². The van der Waals surface area contributed by atoms with Crippen molar-refractivity contribution in [2.45, 2.75) is 32.5 Å². The summed E-state index contributed by atoms with van der Waals surface area (Å²) >= 11 is 0. The molecule has 3 aromatic rings. The lowest BCUT2D eigenvalue weighted by Crippen LogP contribution is -2.49. The fourth-order valence-corrected chi connectivity index (χ4v) is 4.14. The smallest absolute Gasteiger partial charge is 0.259 e. The number of amides is 1. The molecule has 186 valence electrons. The molecular weight excluding hydrogens is 454 g/mol. The molecular formula is C28H31N5O3. The van der Waals surface area contributed by atoms with E-state index in [0.717, 1.165) is 17.7 Å². The number of fused-ring (bicyclic) bond motifs is 1. The molecule has 0 bridgehead atoms.